The van der Waals surface area contributed by atoms with Gasteiger partial charge in [0.15, 0.2) is 5.65 Å². The number of methoxy groups -OCH3 is 1. The number of ether oxygens (including phenoxy) is 3. The predicted molar refractivity (Wildman–Crippen MR) is 103 cm³/mol. The Kier molecular flexibility index (Phi) is 4.58. The highest BCUT2D eigenvalue weighted by atomic mass is 16.5. The lowest BCUT2D eigenvalue weighted by Gasteiger charge is -2.11. The molecular weight excluding hydrogens is 344 g/mol. The van der Waals surface area contributed by atoms with Gasteiger partial charge in [-0.1, -0.05) is 12.1 Å². The second kappa shape index (κ2) is 7.19. The molecule has 1 aromatic carbocycles. The molecule has 0 atom stereocenters. The Balaban J connectivity index is 1.73. The maximum absolute atomic E-state index is 6.16. The molecule has 0 saturated carbocycles. The van der Waals surface area contributed by atoms with Gasteiger partial charge < -0.3 is 14.2 Å². The quantitative estimate of drug-likeness (QED) is 0.499. The van der Waals surface area contributed by atoms with Gasteiger partial charge in [-0.15, -0.1) is 5.10 Å². The minimum absolute atomic E-state index is 0.434. The molecule has 7 heteroatoms. The van der Waals surface area contributed by atoms with Gasteiger partial charge in [-0.25, -0.2) is 9.20 Å². The van der Waals surface area contributed by atoms with Gasteiger partial charge >= 0.3 is 0 Å². The highest BCUT2D eigenvalue weighted by Crippen LogP contribution is 2.32. The first kappa shape index (κ1) is 17.2. The number of nitrogens with zero attached hydrogens (tertiary/aromatic N) is 4. The zero-order chi connectivity index (χ0) is 18.8. The Morgan fingerprint density at radius 2 is 1.85 bits per heavy atom. The molecule has 27 heavy (non-hydrogen) atoms. The Morgan fingerprint density at radius 3 is 2.56 bits per heavy atom. The number of hydrogen-bond acceptors (Lipinski definition) is 5. The maximum atomic E-state index is 6.16. The molecule has 0 N–H and O–H groups in total. The third-order valence-corrected chi connectivity index (χ3v) is 4.42. The van der Waals surface area contributed by atoms with Crippen LogP contribution in [0.2, 0.25) is 0 Å². The van der Waals surface area contributed by atoms with Crippen molar-refractivity contribution in [2.24, 2.45) is 0 Å². The van der Waals surface area contributed by atoms with E-state index in [1.807, 2.05) is 65.8 Å². The van der Waals surface area contributed by atoms with E-state index in [0.29, 0.717) is 13.2 Å². The van der Waals surface area contributed by atoms with E-state index >= 15 is 0 Å². The molecule has 0 bridgehead atoms. The van der Waals surface area contributed by atoms with E-state index in [-0.39, 0.29) is 0 Å². The zero-order valence-electron chi connectivity index (χ0n) is 15.7. The lowest BCUT2D eigenvalue weighted by atomic mass is 10.2. The lowest BCUT2D eigenvalue weighted by molar-refractivity contribution is 0.300. The van der Waals surface area contributed by atoms with E-state index in [2.05, 4.69) is 10.2 Å². The van der Waals surface area contributed by atoms with Crippen molar-refractivity contribution in [1.29, 1.82) is 0 Å². The van der Waals surface area contributed by atoms with Crippen LogP contribution in [0.1, 0.15) is 19.4 Å². The van der Waals surface area contributed by atoms with Crippen LogP contribution in [0, 0.1) is 0 Å². The van der Waals surface area contributed by atoms with Crippen molar-refractivity contribution in [3.05, 3.63) is 48.3 Å². The first-order valence-corrected chi connectivity index (χ1v) is 9.00. The van der Waals surface area contributed by atoms with Crippen LogP contribution in [0.5, 0.6) is 17.2 Å². The van der Waals surface area contributed by atoms with Gasteiger partial charge in [-0.3, -0.25) is 0 Å². The molecule has 0 spiro atoms. The fourth-order valence-corrected chi connectivity index (χ4v) is 3.09. The van der Waals surface area contributed by atoms with E-state index in [4.69, 9.17) is 14.2 Å². The standard InChI is InChI=1S/C20H22N4O3/c1-4-23-20-17(11-21-23)19-18(10-16(26-5-2)12-24(19)22-20)27-13-14-6-8-15(25-3)9-7-14/h6-12H,4-5,13H2,1-3H3. The largest absolute Gasteiger partial charge is 0.497 e. The smallest absolute Gasteiger partial charge is 0.180 e. The van der Waals surface area contributed by atoms with E-state index in [0.717, 1.165) is 45.9 Å². The van der Waals surface area contributed by atoms with E-state index < -0.39 is 0 Å². The minimum atomic E-state index is 0.434. The second-order valence-electron chi connectivity index (χ2n) is 6.10. The molecule has 0 amide bonds. The summed E-state index contributed by atoms with van der Waals surface area (Å²) < 4.78 is 20.7. The van der Waals surface area contributed by atoms with Gasteiger partial charge in [0.05, 0.1) is 31.5 Å². The highest BCUT2D eigenvalue weighted by Gasteiger charge is 2.16. The van der Waals surface area contributed by atoms with Crippen LogP contribution in [0.3, 0.4) is 0 Å². The number of rotatable bonds is 7. The monoisotopic (exact) mass is 366 g/mol. The number of fused-ring (bicyclic) bond motifs is 3. The predicted octanol–water partition coefficient (Wildman–Crippen LogP) is 3.69. The number of benzene rings is 1. The molecule has 0 saturated heterocycles. The molecule has 0 unspecified atom stereocenters. The van der Waals surface area contributed by atoms with Crippen molar-refractivity contribution in [3.8, 4) is 17.2 Å². The summed E-state index contributed by atoms with van der Waals surface area (Å²) >= 11 is 0. The topological polar surface area (TPSA) is 62.8 Å². The Labute approximate surface area is 157 Å². The number of aryl methyl sites for hydroxylation is 1. The van der Waals surface area contributed by atoms with Gasteiger partial charge in [-0.2, -0.15) is 5.10 Å². The number of hydrogen-bond donors (Lipinski definition) is 0. The molecule has 0 aliphatic rings. The van der Waals surface area contributed by atoms with E-state index in [9.17, 15) is 0 Å². The molecule has 140 valence electrons. The molecule has 0 aliphatic carbocycles. The van der Waals surface area contributed by atoms with Crippen LogP contribution in [-0.4, -0.2) is 33.1 Å². The molecule has 0 radical (unpaired) electrons. The van der Waals surface area contributed by atoms with E-state index in [1.165, 1.54) is 0 Å². The summed E-state index contributed by atoms with van der Waals surface area (Å²) in [7, 11) is 1.66. The summed E-state index contributed by atoms with van der Waals surface area (Å²) in [5, 5.41) is 10.0. The first-order chi connectivity index (χ1) is 13.2. The fraction of sp³-hybridized carbons (Fsp3) is 0.300. The third-order valence-electron chi connectivity index (χ3n) is 4.42. The van der Waals surface area contributed by atoms with Crippen molar-refractivity contribution in [1.82, 2.24) is 19.4 Å². The number of pyridine rings is 1. The molecule has 3 aromatic heterocycles. The third kappa shape index (κ3) is 3.16. The van der Waals surface area contributed by atoms with Crippen LogP contribution in [-0.2, 0) is 13.2 Å². The summed E-state index contributed by atoms with van der Waals surface area (Å²) in [6, 6.07) is 9.74. The van der Waals surface area contributed by atoms with Crippen molar-refractivity contribution >= 4 is 16.6 Å². The van der Waals surface area contributed by atoms with Crippen LogP contribution >= 0.6 is 0 Å². The Bertz CT molecular complexity index is 1070. The molecule has 7 nitrogen and oxygen atoms in total. The summed E-state index contributed by atoms with van der Waals surface area (Å²) in [5.74, 6) is 2.26. The summed E-state index contributed by atoms with van der Waals surface area (Å²) in [6.07, 6.45) is 3.71. The Morgan fingerprint density at radius 1 is 1.04 bits per heavy atom. The van der Waals surface area contributed by atoms with E-state index in [1.54, 1.807) is 7.11 Å². The Hall–Kier alpha value is -3.22. The van der Waals surface area contributed by atoms with Crippen LogP contribution in [0.25, 0.3) is 16.6 Å². The summed E-state index contributed by atoms with van der Waals surface area (Å²) in [4.78, 5) is 0. The van der Waals surface area contributed by atoms with Crippen molar-refractivity contribution in [2.75, 3.05) is 13.7 Å². The summed E-state index contributed by atoms with van der Waals surface area (Å²) in [5.41, 5.74) is 2.78. The zero-order valence-corrected chi connectivity index (χ0v) is 15.7. The average Bonchev–Trinajstić information content (AvgIpc) is 3.25. The molecule has 0 aliphatic heterocycles. The van der Waals surface area contributed by atoms with Crippen molar-refractivity contribution in [2.45, 2.75) is 27.0 Å². The highest BCUT2D eigenvalue weighted by molar-refractivity contribution is 5.95. The number of aromatic nitrogens is 4. The maximum Gasteiger partial charge on any atom is 0.180 e. The van der Waals surface area contributed by atoms with Gasteiger partial charge in [-0.05, 0) is 31.5 Å². The van der Waals surface area contributed by atoms with Crippen LogP contribution in [0.15, 0.2) is 42.7 Å². The van der Waals surface area contributed by atoms with Gasteiger partial charge in [0.2, 0.25) is 0 Å². The fourth-order valence-electron chi connectivity index (χ4n) is 3.09. The SMILES string of the molecule is CCOc1cc(OCc2ccc(OC)cc2)c2c3cnn(CC)c3nn2c1. The van der Waals surface area contributed by atoms with Gasteiger partial charge in [0, 0.05) is 12.6 Å². The minimum Gasteiger partial charge on any atom is -0.497 e. The first-order valence-electron chi connectivity index (χ1n) is 9.00. The van der Waals surface area contributed by atoms with Gasteiger partial charge in [0.1, 0.15) is 29.4 Å². The van der Waals surface area contributed by atoms with Crippen LogP contribution < -0.4 is 14.2 Å². The average molecular weight is 366 g/mol. The molecule has 0 fully saturated rings. The van der Waals surface area contributed by atoms with Crippen molar-refractivity contribution in [3.63, 3.8) is 0 Å². The summed E-state index contributed by atoms with van der Waals surface area (Å²) in [6.45, 7) is 5.77. The van der Waals surface area contributed by atoms with Crippen LogP contribution in [0.4, 0.5) is 0 Å². The normalized spacial score (nSPS) is 11.2. The van der Waals surface area contributed by atoms with Crippen molar-refractivity contribution < 1.29 is 14.2 Å². The molecule has 3 heterocycles. The molecular formula is C20H22N4O3. The lowest BCUT2D eigenvalue weighted by Crippen LogP contribution is -2.01. The van der Waals surface area contributed by atoms with Gasteiger partial charge in [0.25, 0.3) is 0 Å². The molecule has 4 rings (SSSR count). The second-order valence-corrected chi connectivity index (χ2v) is 6.10. The molecule has 4 aromatic rings.